The topological polar surface area (TPSA) is 126 Å². The minimum absolute atomic E-state index is 0.344. The lowest BCUT2D eigenvalue weighted by atomic mass is 10.1. The predicted molar refractivity (Wildman–Crippen MR) is 113 cm³/mol. The first-order valence-electron chi connectivity index (χ1n) is 9.47. The molecule has 0 bridgehead atoms. The molecule has 32 heavy (non-hydrogen) atoms. The van der Waals surface area contributed by atoms with Crippen molar-refractivity contribution in [2.45, 2.75) is 13.8 Å². The number of carbonyl (C=O) groups excluding carboxylic acids is 2. The Kier molecular flexibility index (Phi) is 7.62. The Hall–Kier alpha value is -2.79. The number of phosphoric acid groups is 1. The van der Waals surface area contributed by atoms with Crippen LogP contribution in [-0.4, -0.2) is 44.4 Å². The summed E-state index contributed by atoms with van der Waals surface area (Å²) in [5, 5.41) is 0. The van der Waals surface area contributed by atoms with Crippen LogP contribution >= 0.6 is 7.82 Å². The number of carbonyl (C=O) groups is 2. The van der Waals surface area contributed by atoms with Crippen molar-refractivity contribution in [3.8, 4) is 0 Å². The largest absolute Gasteiger partial charge is 0.529 e. The molecule has 1 N–H and O–H groups in total. The summed E-state index contributed by atoms with van der Waals surface area (Å²) >= 11 is 0. The first-order chi connectivity index (χ1) is 15.3. The van der Waals surface area contributed by atoms with E-state index >= 15 is 0 Å². The van der Waals surface area contributed by atoms with E-state index in [9.17, 15) is 14.2 Å². The van der Waals surface area contributed by atoms with Crippen molar-refractivity contribution in [2.75, 3.05) is 32.3 Å². The van der Waals surface area contributed by atoms with Gasteiger partial charge in [-0.3, -0.25) is 9.32 Å². The second-order valence-electron chi connectivity index (χ2n) is 6.64. The highest BCUT2D eigenvalue weighted by molar-refractivity contribution is 7.48. The number of H-pyrrole nitrogens is 1. The van der Waals surface area contributed by atoms with Gasteiger partial charge in [0.15, 0.2) is 0 Å². The van der Waals surface area contributed by atoms with Crippen LogP contribution in [0.25, 0.3) is 11.6 Å². The van der Waals surface area contributed by atoms with Crippen molar-refractivity contribution >= 4 is 37.2 Å². The highest BCUT2D eigenvalue weighted by atomic mass is 31.2. The lowest BCUT2D eigenvalue weighted by molar-refractivity contribution is -0.259. The number of amides is 2. The third-order valence-electron chi connectivity index (χ3n) is 4.42. The highest BCUT2D eigenvalue weighted by Gasteiger charge is 2.38. The molecule has 1 aromatic carbocycles. The fraction of sp³-hybridized carbons (Fsp3) is 0.300. The van der Waals surface area contributed by atoms with E-state index in [0.717, 1.165) is 36.1 Å². The maximum absolute atomic E-state index is 13.1. The monoisotopic (exact) mass is 466 g/mol. The molecule has 172 valence electrons. The molecule has 0 saturated carbocycles. The van der Waals surface area contributed by atoms with Gasteiger partial charge in [0.1, 0.15) is 6.61 Å². The Morgan fingerprint density at radius 2 is 1.81 bits per heavy atom. The van der Waals surface area contributed by atoms with Gasteiger partial charge >= 0.3 is 13.9 Å². The van der Waals surface area contributed by atoms with Crippen molar-refractivity contribution in [3.05, 3.63) is 52.8 Å². The van der Waals surface area contributed by atoms with Crippen LogP contribution in [0.5, 0.6) is 0 Å². The number of fused-ring (bicyclic) bond motifs is 1. The van der Waals surface area contributed by atoms with Crippen molar-refractivity contribution < 1.29 is 42.5 Å². The van der Waals surface area contributed by atoms with Crippen LogP contribution in [0.1, 0.15) is 22.5 Å². The van der Waals surface area contributed by atoms with Gasteiger partial charge in [-0.2, -0.15) is 0 Å². The minimum atomic E-state index is -4.15. The van der Waals surface area contributed by atoms with Crippen LogP contribution < -0.4 is 4.90 Å². The first kappa shape index (κ1) is 23.9. The average Bonchev–Trinajstić information content (AvgIpc) is 3.21. The molecule has 11 nitrogen and oxygen atoms in total. The molecule has 0 atom stereocenters. The molecule has 0 radical (unpaired) electrons. The number of benzene rings is 1. The Morgan fingerprint density at radius 3 is 2.44 bits per heavy atom. The maximum atomic E-state index is 13.1. The van der Waals surface area contributed by atoms with E-state index in [1.165, 1.54) is 0 Å². The molecule has 0 spiro atoms. The molecule has 1 aliphatic heterocycles. The summed E-state index contributed by atoms with van der Waals surface area (Å²) in [6.07, 6.45) is 0.796. The fourth-order valence-corrected chi connectivity index (χ4v) is 3.96. The van der Waals surface area contributed by atoms with Gasteiger partial charge in [0.05, 0.1) is 32.1 Å². The number of hydrogen-bond acceptors (Lipinski definition) is 9. The van der Waals surface area contributed by atoms with Gasteiger partial charge in [0.25, 0.3) is 5.91 Å². The van der Waals surface area contributed by atoms with Crippen LogP contribution in [0, 0.1) is 13.8 Å². The second kappa shape index (κ2) is 10.2. The van der Waals surface area contributed by atoms with Gasteiger partial charge in [-0.25, -0.2) is 24.0 Å². The zero-order chi connectivity index (χ0) is 23.3. The number of para-hydroxylation sites is 1. The predicted octanol–water partition coefficient (Wildman–Crippen LogP) is 3.94. The van der Waals surface area contributed by atoms with Gasteiger partial charge in [-0.15, -0.1) is 9.35 Å². The Morgan fingerprint density at radius 1 is 1.12 bits per heavy atom. The van der Waals surface area contributed by atoms with Crippen molar-refractivity contribution in [3.63, 3.8) is 0 Å². The molecule has 1 aliphatic rings. The van der Waals surface area contributed by atoms with Crippen LogP contribution in [-0.2, 0) is 37.7 Å². The summed E-state index contributed by atoms with van der Waals surface area (Å²) in [6.45, 7) is 3.12. The SMILES string of the molecule is COOP(=O)(OCCOC(=O)N1C(=O)/C(=C\c2[nH]c(C)cc2C)c2ccccc21)OOC. The number of imide groups is 1. The fourth-order valence-electron chi connectivity index (χ4n) is 3.19. The zero-order valence-corrected chi connectivity index (χ0v) is 18.8. The molecule has 2 aromatic rings. The van der Waals surface area contributed by atoms with Crippen LogP contribution in [0.15, 0.2) is 30.3 Å². The van der Waals surface area contributed by atoms with Gasteiger partial charge < -0.3 is 9.72 Å². The van der Waals surface area contributed by atoms with Crippen LogP contribution in [0.4, 0.5) is 10.5 Å². The summed E-state index contributed by atoms with van der Waals surface area (Å²) in [4.78, 5) is 38.4. The lowest BCUT2D eigenvalue weighted by Gasteiger charge is -2.16. The molecule has 2 heterocycles. The van der Waals surface area contributed by atoms with E-state index in [4.69, 9.17) is 9.26 Å². The molecular formula is C20H23N2O9P. The molecule has 0 fully saturated rings. The summed E-state index contributed by atoms with van der Waals surface area (Å²) in [5.74, 6) is -0.528. The number of anilines is 1. The maximum Gasteiger partial charge on any atom is 0.529 e. The second-order valence-corrected chi connectivity index (χ2v) is 8.09. The summed E-state index contributed by atoms with van der Waals surface area (Å²) in [6, 6.07) is 8.84. The third kappa shape index (κ3) is 5.16. The Bertz CT molecular complexity index is 1070. The highest BCUT2D eigenvalue weighted by Crippen LogP contribution is 2.49. The molecule has 0 aliphatic carbocycles. The molecular weight excluding hydrogens is 443 g/mol. The summed E-state index contributed by atoms with van der Waals surface area (Å²) < 4.78 is 30.9. The van der Waals surface area contributed by atoms with Crippen molar-refractivity contribution in [1.82, 2.24) is 4.98 Å². The van der Waals surface area contributed by atoms with E-state index in [2.05, 4.69) is 24.1 Å². The number of hydrogen-bond donors (Lipinski definition) is 1. The smallest absolute Gasteiger partial charge is 0.446 e. The molecule has 0 saturated heterocycles. The minimum Gasteiger partial charge on any atom is -0.446 e. The third-order valence-corrected chi connectivity index (χ3v) is 5.58. The van der Waals surface area contributed by atoms with E-state index in [1.54, 1.807) is 30.3 Å². The Labute approximate surface area is 184 Å². The number of nitrogens with one attached hydrogen (secondary N) is 1. The quantitative estimate of drug-likeness (QED) is 0.192. The molecule has 1 aromatic heterocycles. The van der Waals surface area contributed by atoms with Crippen LogP contribution in [0.2, 0.25) is 0 Å². The summed E-state index contributed by atoms with van der Waals surface area (Å²) in [5.41, 5.74) is 4.05. The van der Waals surface area contributed by atoms with Gasteiger partial charge in [-0.1, -0.05) is 18.2 Å². The van der Waals surface area contributed by atoms with E-state index in [1.807, 2.05) is 19.9 Å². The standard InChI is InChI=1S/C20H23N2O9P/c1-13-11-14(2)21-17(13)12-16-15-7-5-6-8-18(15)22(19(16)23)20(24)28-9-10-29-32(25,30-26-3)31-27-4/h5-8,11-12,21H,9-10H2,1-4H3/b16-12-. The van der Waals surface area contributed by atoms with E-state index in [0.29, 0.717) is 16.8 Å². The van der Waals surface area contributed by atoms with E-state index in [-0.39, 0.29) is 13.2 Å². The molecule has 0 unspecified atom stereocenters. The zero-order valence-electron chi connectivity index (χ0n) is 17.9. The first-order valence-corrected chi connectivity index (χ1v) is 10.9. The lowest BCUT2D eigenvalue weighted by Crippen LogP contribution is -2.34. The molecule has 12 heteroatoms. The number of aryl methyl sites for hydroxylation is 2. The summed E-state index contributed by atoms with van der Waals surface area (Å²) in [7, 11) is -1.94. The van der Waals surface area contributed by atoms with Crippen molar-refractivity contribution in [2.24, 2.45) is 0 Å². The average molecular weight is 466 g/mol. The van der Waals surface area contributed by atoms with Gasteiger partial charge in [0, 0.05) is 17.0 Å². The van der Waals surface area contributed by atoms with Crippen molar-refractivity contribution in [1.29, 1.82) is 0 Å². The Balaban J connectivity index is 1.73. The number of rotatable bonds is 9. The number of nitrogens with zero attached hydrogens (tertiary/aromatic N) is 1. The van der Waals surface area contributed by atoms with Crippen LogP contribution in [0.3, 0.4) is 0 Å². The number of ether oxygens (including phenoxy) is 1. The van der Waals surface area contributed by atoms with Gasteiger partial charge in [-0.05, 0) is 37.6 Å². The molecule has 2 amide bonds. The van der Waals surface area contributed by atoms with E-state index < -0.39 is 19.8 Å². The van der Waals surface area contributed by atoms with Gasteiger partial charge in [0.2, 0.25) is 0 Å². The number of aromatic nitrogens is 1. The molecule has 3 rings (SSSR count). The number of aromatic amines is 1. The normalized spacial score (nSPS) is 14.8.